The number of piperidine rings is 1. The van der Waals surface area contributed by atoms with Crippen LogP contribution < -0.4 is 0 Å². The molecule has 1 amide bonds. The van der Waals surface area contributed by atoms with E-state index >= 15 is 0 Å². The minimum atomic E-state index is -0.123. The summed E-state index contributed by atoms with van der Waals surface area (Å²) >= 11 is 0. The fourth-order valence-corrected chi connectivity index (χ4v) is 4.11. The van der Waals surface area contributed by atoms with Crippen LogP contribution in [0.1, 0.15) is 102 Å². The number of amides is 1. The second kappa shape index (κ2) is 12.1. The lowest BCUT2D eigenvalue weighted by atomic mass is 9.84. The zero-order valence-corrected chi connectivity index (χ0v) is 16.5. The van der Waals surface area contributed by atoms with Gasteiger partial charge in [-0.25, -0.2) is 5.06 Å². The minimum Gasteiger partial charge on any atom is -0.286 e. The normalized spacial score (nSPS) is 20.5. The molecule has 2 atom stereocenters. The molecule has 1 aliphatic heterocycles. The maximum atomic E-state index is 12.1. The Kier molecular flexibility index (Phi) is 9.76. The van der Waals surface area contributed by atoms with Gasteiger partial charge in [-0.05, 0) is 24.3 Å². The van der Waals surface area contributed by atoms with Crippen molar-refractivity contribution in [1.82, 2.24) is 5.06 Å². The first kappa shape index (κ1) is 21.0. The highest BCUT2D eigenvalue weighted by Crippen LogP contribution is 2.33. The summed E-state index contributed by atoms with van der Waals surface area (Å²) in [6.45, 7) is 2.26. The number of carbonyl (C=O) groups is 1. The van der Waals surface area contributed by atoms with Crippen LogP contribution in [-0.4, -0.2) is 22.2 Å². The molecule has 1 aromatic rings. The molecule has 26 heavy (non-hydrogen) atoms. The first-order chi connectivity index (χ1) is 12.7. The van der Waals surface area contributed by atoms with E-state index in [-0.39, 0.29) is 17.9 Å². The Morgan fingerprint density at radius 3 is 2.12 bits per heavy atom. The van der Waals surface area contributed by atoms with Gasteiger partial charge in [-0.2, -0.15) is 0 Å². The van der Waals surface area contributed by atoms with Crippen LogP contribution in [0.4, 0.5) is 0 Å². The molecule has 0 aliphatic carbocycles. The molecule has 0 spiro atoms. The summed E-state index contributed by atoms with van der Waals surface area (Å²) in [6.07, 6.45) is 15.3. The Labute approximate surface area is 159 Å². The number of hydrogen-bond donors (Lipinski definition) is 1. The number of unbranched alkanes of at least 4 members (excludes halogenated alkanes) is 9. The van der Waals surface area contributed by atoms with Crippen molar-refractivity contribution >= 4 is 5.91 Å². The molecule has 2 rings (SSSR count). The third-order valence-electron chi connectivity index (χ3n) is 5.74. The van der Waals surface area contributed by atoms with Crippen LogP contribution in [0.2, 0.25) is 0 Å². The summed E-state index contributed by atoms with van der Waals surface area (Å²) in [4.78, 5) is 12.1. The van der Waals surface area contributed by atoms with Gasteiger partial charge in [0.2, 0.25) is 5.91 Å². The van der Waals surface area contributed by atoms with Gasteiger partial charge >= 0.3 is 0 Å². The van der Waals surface area contributed by atoms with Crippen LogP contribution in [0.5, 0.6) is 0 Å². The SMILES string of the molecule is CCCCCCCCCCCC[C@H]1C[C@H](c2ccccc2)CC(=O)N1O. The van der Waals surface area contributed by atoms with Gasteiger partial charge in [0.25, 0.3) is 0 Å². The predicted octanol–water partition coefficient (Wildman–Crippen LogP) is 6.46. The number of hydroxylamine groups is 2. The molecule has 1 aliphatic rings. The standard InChI is InChI=1S/C23H37NO2/c1-2-3-4-5-6-7-8-9-10-14-17-22-18-21(19-23(25)24(22)26)20-15-12-11-13-16-20/h11-13,15-16,21-22,26H,2-10,14,17-19H2,1H3/t21-,22-/m0/s1. The van der Waals surface area contributed by atoms with Crippen LogP contribution in [0.25, 0.3) is 0 Å². The highest BCUT2D eigenvalue weighted by molar-refractivity contribution is 5.77. The molecular weight excluding hydrogens is 322 g/mol. The number of hydrogen-bond acceptors (Lipinski definition) is 2. The Morgan fingerprint density at radius 1 is 0.923 bits per heavy atom. The third-order valence-corrected chi connectivity index (χ3v) is 5.74. The van der Waals surface area contributed by atoms with Gasteiger partial charge in [0.15, 0.2) is 0 Å². The fourth-order valence-electron chi connectivity index (χ4n) is 4.11. The van der Waals surface area contributed by atoms with Crippen molar-refractivity contribution in [2.45, 2.75) is 102 Å². The van der Waals surface area contributed by atoms with E-state index in [4.69, 9.17) is 0 Å². The lowest BCUT2D eigenvalue weighted by Gasteiger charge is -2.35. The molecule has 1 aromatic carbocycles. The summed E-state index contributed by atoms with van der Waals surface area (Å²) in [5.41, 5.74) is 1.22. The maximum absolute atomic E-state index is 12.1. The molecule has 146 valence electrons. The Hall–Kier alpha value is -1.35. The molecule has 0 unspecified atom stereocenters. The smallest absolute Gasteiger partial charge is 0.246 e. The second-order valence-electron chi connectivity index (χ2n) is 7.91. The van der Waals surface area contributed by atoms with Crippen LogP contribution in [0.3, 0.4) is 0 Å². The molecular formula is C23H37NO2. The molecule has 3 heteroatoms. The zero-order chi connectivity index (χ0) is 18.6. The van der Waals surface area contributed by atoms with Crippen LogP contribution >= 0.6 is 0 Å². The van der Waals surface area contributed by atoms with Gasteiger partial charge in [-0.3, -0.25) is 10.0 Å². The predicted molar refractivity (Wildman–Crippen MR) is 107 cm³/mol. The summed E-state index contributed by atoms with van der Waals surface area (Å²) in [5, 5.41) is 11.2. The number of nitrogens with zero attached hydrogens (tertiary/aromatic N) is 1. The maximum Gasteiger partial charge on any atom is 0.246 e. The van der Waals surface area contributed by atoms with Gasteiger partial charge in [-0.15, -0.1) is 0 Å². The first-order valence-corrected chi connectivity index (χ1v) is 10.8. The van der Waals surface area contributed by atoms with Gasteiger partial charge in [0, 0.05) is 6.42 Å². The topological polar surface area (TPSA) is 40.5 Å². The summed E-state index contributed by atoms with van der Waals surface area (Å²) in [7, 11) is 0. The molecule has 0 saturated carbocycles. The minimum absolute atomic E-state index is 0.0181. The Balaban J connectivity index is 1.62. The van der Waals surface area contributed by atoms with Crippen LogP contribution in [0, 0.1) is 0 Å². The highest BCUT2D eigenvalue weighted by atomic mass is 16.5. The molecule has 0 aromatic heterocycles. The number of rotatable bonds is 12. The second-order valence-corrected chi connectivity index (χ2v) is 7.91. The molecule has 1 N–H and O–H groups in total. The molecule has 1 heterocycles. The first-order valence-electron chi connectivity index (χ1n) is 10.8. The van der Waals surface area contributed by atoms with Crippen molar-refractivity contribution in [2.75, 3.05) is 0 Å². The van der Waals surface area contributed by atoms with Crippen molar-refractivity contribution in [3.05, 3.63) is 35.9 Å². The van der Waals surface area contributed by atoms with Gasteiger partial charge in [-0.1, -0.05) is 101 Å². The molecule has 3 nitrogen and oxygen atoms in total. The fraction of sp³-hybridized carbons (Fsp3) is 0.696. The average Bonchev–Trinajstić information content (AvgIpc) is 2.67. The van der Waals surface area contributed by atoms with E-state index in [1.165, 1.54) is 63.4 Å². The van der Waals surface area contributed by atoms with E-state index in [0.29, 0.717) is 6.42 Å². The van der Waals surface area contributed by atoms with E-state index < -0.39 is 0 Å². The van der Waals surface area contributed by atoms with Crippen molar-refractivity contribution in [3.8, 4) is 0 Å². The monoisotopic (exact) mass is 359 g/mol. The molecule has 0 bridgehead atoms. The molecule has 1 fully saturated rings. The van der Waals surface area contributed by atoms with Crippen molar-refractivity contribution < 1.29 is 10.0 Å². The molecule has 0 radical (unpaired) electrons. The third kappa shape index (κ3) is 7.11. The van der Waals surface area contributed by atoms with Gasteiger partial charge < -0.3 is 0 Å². The van der Waals surface area contributed by atoms with Crippen LogP contribution in [0.15, 0.2) is 30.3 Å². The van der Waals surface area contributed by atoms with Gasteiger partial charge in [0.1, 0.15) is 0 Å². The van der Waals surface area contributed by atoms with Crippen molar-refractivity contribution in [2.24, 2.45) is 0 Å². The zero-order valence-electron chi connectivity index (χ0n) is 16.5. The van der Waals surface area contributed by atoms with Crippen molar-refractivity contribution in [1.29, 1.82) is 0 Å². The van der Waals surface area contributed by atoms with Gasteiger partial charge in [0.05, 0.1) is 6.04 Å². The summed E-state index contributed by atoms with van der Waals surface area (Å²) < 4.78 is 0. The summed E-state index contributed by atoms with van der Waals surface area (Å²) in [6, 6.07) is 10.2. The summed E-state index contributed by atoms with van der Waals surface area (Å²) in [5.74, 6) is 0.127. The van der Waals surface area contributed by atoms with Crippen molar-refractivity contribution in [3.63, 3.8) is 0 Å². The van der Waals surface area contributed by atoms with E-state index in [1.807, 2.05) is 18.2 Å². The van der Waals surface area contributed by atoms with E-state index in [2.05, 4.69) is 19.1 Å². The van der Waals surface area contributed by atoms with E-state index in [9.17, 15) is 10.0 Å². The quantitative estimate of drug-likeness (QED) is 0.343. The largest absolute Gasteiger partial charge is 0.286 e. The van der Waals surface area contributed by atoms with E-state index in [1.54, 1.807) is 0 Å². The van der Waals surface area contributed by atoms with E-state index in [0.717, 1.165) is 24.3 Å². The lowest BCUT2D eigenvalue weighted by molar-refractivity contribution is -0.184. The number of benzene rings is 1. The lowest BCUT2D eigenvalue weighted by Crippen LogP contribution is -2.43. The van der Waals surface area contributed by atoms with Crippen LogP contribution in [-0.2, 0) is 4.79 Å². The highest BCUT2D eigenvalue weighted by Gasteiger charge is 2.33. The molecule has 1 saturated heterocycles. The number of carbonyl (C=O) groups excluding carboxylic acids is 1. The average molecular weight is 360 g/mol. The Morgan fingerprint density at radius 2 is 1.50 bits per heavy atom. The Bertz CT molecular complexity index is 502.